The van der Waals surface area contributed by atoms with Crippen LogP contribution in [0.1, 0.15) is 34.6 Å². The molecule has 39 heavy (non-hydrogen) atoms. The summed E-state index contributed by atoms with van der Waals surface area (Å²) in [7, 11) is 3.24. The van der Waals surface area contributed by atoms with E-state index >= 15 is 0 Å². The van der Waals surface area contributed by atoms with Gasteiger partial charge in [-0.2, -0.15) is 0 Å². The first-order chi connectivity index (χ1) is 19.0. The van der Waals surface area contributed by atoms with Crippen LogP contribution in [0.3, 0.4) is 0 Å². The minimum Gasteiger partial charge on any atom is -0.497 e. The Labute approximate surface area is 228 Å². The Morgan fingerprint density at radius 3 is 2.44 bits per heavy atom. The Morgan fingerprint density at radius 2 is 1.72 bits per heavy atom. The van der Waals surface area contributed by atoms with Crippen LogP contribution in [0.4, 0.5) is 4.79 Å². The summed E-state index contributed by atoms with van der Waals surface area (Å²) in [6.07, 6.45) is 1.04. The van der Waals surface area contributed by atoms with E-state index < -0.39 is 6.09 Å². The maximum atomic E-state index is 12.5. The zero-order chi connectivity index (χ0) is 27.6. The lowest BCUT2D eigenvalue weighted by Gasteiger charge is -2.33. The van der Waals surface area contributed by atoms with Gasteiger partial charge in [0.25, 0.3) is 5.91 Å². The first-order valence-electron chi connectivity index (χ1n) is 12.9. The van der Waals surface area contributed by atoms with Gasteiger partial charge in [0.1, 0.15) is 19.0 Å². The molecule has 0 saturated carbocycles. The van der Waals surface area contributed by atoms with Gasteiger partial charge in [-0.15, -0.1) is 0 Å². The van der Waals surface area contributed by atoms with Crippen molar-refractivity contribution in [3.05, 3.63) is 77.7 Å². The average molecular weight is 538 g/mol. The lowest BCUT2D eigenvalue weighted by Crippen LogP contribution is -2.50. The molecule has 1 aliphatic heterocycles. The normalized spacial score (nSPS) is 14.0. The molecule has 0 spiro atoms. The summed E-state index contributed by atoms with van der Waals surface area (Å²) in [5, 5.41) is 3.51. The standard InChI is InChI=1S/C29H35N3O7/c1-21(23-6-4-7-24(19-23)35-2)30-20-22-9-10-25(36-3)27(18-22)38-16-17-39-29(34)32-13-11-31(12-14-32)28(33)26-8-5-15-37-26/h4-10,15,18-19,21,30H,11-14,16-17,20H2,1-3H3/t21-/m1/s1. The molecule has 1 atom stereocenters. The monoisotopic (exact) mass is 537 g/mol. The summed E-state index contributed by atoms with van der Waals surface area (Å²) in [5.41, 5.74) is 2.16. The van der Waals surface area contributed by atoms with Crippen LogP contribution in [-0.4, -0.2) is 75.4 Å². The number of hydrogen-bond donors (Lipinski definition) is 1. The molecule has 208 valence electrons. The molecule has 0 unspecified atom stereocenters. The molecule has 0 bridgehead atoms. The number of piperazine rings is 1. The van der Waals surface area contributed by atoms with Crippen LogP contribution in [-0.2, 0) is 11.3 Å². The van der Waals surface area contributed by atoms with Crippen molar-refractivity contribution in [3.8, 4) is 17.2 Å². The minimum absolute atomic E-state index is 0.0862. The summed E-state index contributed by atoms with van der Waals surface area (Å²) in [6.45, 7) is 4.60. The topological polar surface area (TPSA) is 103 Å². The average Bonchev–Trinajstić information content (AvgIpc) is 3.53. The molecule has 0 radical (unpaired) electrons. The van der Waals surface area contributed by atoms with E-state index in [4.69, 9.17) is 23.4 Å². The minimum atomic E-state index is -0.430. The second-order valence-electron chi connectivity index (χ2n) is 9.08. The highest BCUT2D eigenvalue weighted by atomic mass is 16.6. The highest BCUT2D eigenvalue weighted by Gasteiger charge is 2.26. The first kappa shape index (κ1) is 27.8. The Hall–Kier alpha value is -4.18. The van der Waals surface area contributed by atoms with E-state index in [2.05, 4.69) is 18.3 Å². The number of benzene rings is 2. The van der Waals surface area contributed by atoms with E-state index in [1.54, 1.807) is 36.2 Å². The quantitative estimate of drug-likeness (QED) is 0.365. The molecule has 10 heteroatoms. The number of nitrogens with zero attached hydrogens (tertiary/aromatic N) is 2. The third-order valence-corrected chi connectivity index (χ3v) is 6.56. The van der Waals surface area contributed by atoms with Gasteiger partial charge in [0, 0.05) is 38.8 Å². The van der Waals surface area contributed by atoms with Crippen molar-refractivity contribution >= 4 is 12.0 Å². The third kappa shape index (κ3) is 7.44. The number of carbonyl (C=O) groups excluding carboxylic acids is 2. The Balaban J connectivity index is 1.21. The molecule has 3 aromatic rings. The van der Waals surface area contributed by atoms with Crippen molar-refractivity contribution in [1.29, 1.82) is 0 Å². The number of carbonyl (C=O) groups is 2. The number of methoxy groups -OCH3 is 2. The summed E-state index contributed by atoms with van der Waals surface area (Å²) in [6, 6.07) is 17.2. The van der Waals surface area contributed by atoms with E-state index in [1.165, 1.54) is 6.26 Å². The number of amides is 2. The number of rotatable bonds is 11. The zero-order valence-corrected chi connectivity index (χ0v) is 22.6. The van der Waals surface area contributed by atoms with Crippen molar-refractivity contribution in [2.24, 2.45) is 0 Å². The lowest BCUT2D eigenvalue weighted by molar-refractivity contribution is 0.0508. The highest BCUT2D eigenvalue weighted by molar-refractivity contribution is 5.91. The molecular weight excluding hydrogens is 502 g/mol. The van der Waals surface area contributed by atoms with Crippen molar-refractivity contribution in [3.63, 3.8) is 0 Å². The Kier molecular flexibility index (Phi) is 9.69. The van der Waals surface area contributed by atoms with Crippen LogP contribution < -0.4 is 19.5 Å². The van der Waals surface area contributed by atoms with Crippen molar-refractivity contribution in [2.75, 3.05) is 53.6 Å². The molecule has 4 rings (SSSR count). The molecular formula is C29H35N3O7. The predicted octanol–water partition coefficient (Wildman–Crippen LogP) is 4.12. The van der Waals surface area contributed by atoms with Gasteiger partial charge in [0.15, 0.2) is 17.3 Å². The first-order valence-corrected chi connectivity index (χ1v) is 12.9. The van der Waals surface area contributed by atoms with E-state index in [0.29, 0.717) is 50.0 Å². The van der Waals surface area contributed by atoms with Gasteiger partial charge in [-0.1, -0.05) is 18.2 Å². The van der Waals surface area contributed by atoms with E-state index in [0.717, 1.165) is 16.9 Å². The number of nitrogens with one attached hydrogen (secondary N) is 1. The largest absolute Gasteiger partial charge is 0.497 e. The summed E-state index contributed by atoms with van der Waals surface area (Å²) >= 11 is 0. The number of hydrogen-bond acceptors (Lipinski definition) is 8. The SMILES string of the molecule is COc1cccc([C@@H](C)NCc2ccc(OC)c(OCCOC(=O)N3CCN(C(=O)c4ccco4)CC3)c2)c1. The molecule has 1 saturated heterocycles. The van der Waals surface area contributed by atoms with E-state index in [9.17, 15) is 9.59 Å². The summed E-state index contributed by atoms with van der Waals surface area (Å²) in [5.74, 6) is 2.12. The van der Waals surface area contributed by atoms with Gasteiger partial charge in [0.05, 0.1) is 20.5 Å². The fourth-order valence-corrected chi connectivity index (χ4v) is 4.26. The van der Waals surface area contributed by atoms with Gasteiger partial charge >= 0.3 is 6.09 Å². The van der Waals surface area contributed by atoms with Crippen LogP contribution in [0.2, 0.25) is 0 Å². The summed E-state index contributed by atoms with van der Waals surface area (Å²) < 4.78 is 27.2. The van der Waals surface area contributed by atoms with Gasteiger partial charge in [-0.3, -0.25) is 4.79 Å². The van der Waals surface area contributed by atoms with Crippen LogP contribution in [0.25, 0.3) is 0 Å². The molecule has 1 N–H and O–H groups in total. The van der Waals surface area contributed by atoms with Gasteiger partial charge in [-0.25, -0.2) is 4.79 Å². The maximum absolute atomic E-state index is 12.5. The summed E-state index contributed by atoms with van der Waals surface area (Å²) in [4.78, 5) is 28.1. The molecule has 1 aromatic heterocycles. The Bertz CT molecular complexity index is 1220. The van der Waals surface area contributed by atoms with Gasteiger partial charge < -0.3 is 38.5 Å². The van der Waals surface area contributed by atoms with Crippen LogP contribution in [0.15, 0.2) is 65.3 Å². The van der Waals surface area contributed by atoms with Crippen LogP contribution in [0.5, 0.6) is 17.2 Å². The van der Waals surface area contributed by atoms with Gasteiger partial charge in [0.2, 0.25) is 0 Å². The smallest absolute Gasteiger partial charge is 0.410 e. The van der Waals surface area contributed by atoms with Crippen molar-refractivity contribution in [1.82, 2.24) is 15.1 Å². The predicted molar refractivity (Wildman–Crippen MR) is 144 cm³/mol. The molecule has 1 aliphatic rings. The fraction of sp³-hybridized carbons (Fsp3) is 0.379. The second kappa shape index (κ2) is 13.6. The molecule has 0 aliphatic carbocycles. The highest BCUT2D eigenvalue weighted by Crippen LogP contribution is 2.28. The zero-order valence-electron chi connectivity index (χ0n) is 22.6. The van der Waals surface area contributed by atoms with Crippen molar-refractivity contribution in [2.45, 2.75) is 19.5 Å². The third-order valence-electron chi connectivity index (χ3n) is 6.56. The lowest BCUT2D eigenvalue weighted by atomic mass is 10.1. The van der Waals surface area contributed by atoms with Crippen molar-refractivity contribution < 1.29 is 33.0 Å². The number of ether oxygens (including phenoxy) is 4. The van der Waals surface area contributed by atoms with E-state index in [1.807, 2.05) is 36.4 Å². The molecule has 2 heterocycles. The maximum Gasteiger partial charge on any atom is 0.410 e. The van der Waals surface area contributed by atoms with Gasteiger partial charge in [-0.05, 0) is 54.4 Å². The molecule has 10 nitrogen and oxygen atoms in total. The molecule has 2 aromatic carbocycles. The fourth-order valence-electron chi connectivity index (χ4n) is 4.26. The Morgan fingerprint density at radius 1 is 0.923 bits per heavy atom. The molecule has 2 amide bonds. The van der Waals surface area contributed by atoms with E-state index in [-0.39, 0.29) is 25.2 Å². The second-order valence-corrected chi connectivity index (χ2v) is 9.08. The van der Waals surface area contributed by atoms with Crippen LogP contribution >= 0.6 is 0 Å². The molecule has 1 fully saturated rings. The van der Waals surface area contributed by atoms with Crippen LogP contribution in [0, 0.1) is 0 Å². The number of furan rings is 1.